The largest absolute Gasteiger partial charge is 0.497 e. The van der Waals surface area contributed by atoms with Crippen molar-refractivity contribution >= 4 is 11.6 Å². The van der Waals surface area contributed by atoms with Crippen molar-refractivity contribution in [3.8, 4) is 17.1 Å². The van der Waals surface area contributed by atoms with Crippen molar-refractivity contribution in [3.63, 3.8) is 0 Å². The molecule has 4 aromatic rings. The number of halogens is 1. The minimum atomic E-state index is -0.439. The second-order valence-corrected chi connectivity index (χ2v) is 7.81. The van der Waals surface area contributed by atoms with Gasteiger partial charge >= 0.3 is 5.82 Å². The van der Waals surface area contributed by atoms with Crippen LogP contribution in [0.25, 0.3) is 11.4 Å². The van der Waals surface area contributed by atoms with Gasteiger partial charge in [0.2, 0.25) is 0 Å². The van der Waals surface area contributed by atoms with Crippen molar-refractivity contribution in [2.45, 2.75) is 19.5 Å². The molecule has 8 nitrogen and oxygen atoms in total. The molecule has 1 atom stereocenters. The number of hydrogen-bond acceptors (Lipinski definition) is 5. The van der Waals surface area contributed by atoms with E-state index in [0.29, 0.717) is 23.5 Å². The lowest BCUT2D eigenvalue weighted by Gasteiger charge is -2.15. The summed E-state index contributed by atoms with van der Waals surface area (Å²) in [5.41, 5.74) is 2.63. The predicted octanol–water partition coefficient (Wildman–Crippen LogP) is 3.55. The summed E-state index contributed by atoms with van der Waals surface area (Å²) in [5.74, 6) is 1.34. The van der Waals surface area contributed by atoms with Gasteiger partial charge in [-0.3, -0.25) is 9.78 Å². The molecule has 1 amide bonds. The molecule has 0 saturated carbocycles. The monoisotopic (exact) mass is 461 g/mol. The number of pyridine rings is 1. The Morgan fingerprint density at radius 3 is 2.82 bits per heavy atom. The van der Waals surface area contributed by atoms with Gasteiger partial charge in [0.25, 0.3) is 11.7 Å². The molecule has 0 fully saturated rings. The maximum absolute atomic E-state index is 14.1. The van der Waals surface area contributed by atoms with Crippen molar-refractivity contribution < 1.29 is 18.5 Å². The average Bonchev–Trinajstić information content (AvgIpc) is 3.23. The molecule has 2 aromatic heterocycles. The number of nitrogens with one attached hydrogen (secondary N) is 3. The number of benzene rings is 2. The summed E-state index contributed by atoms with van der Waals surface area (Å²) in [6.45, 7) is 2.33. The fraction of sp³-hybridized carbons (Fsp3) is 0.200. The van der Waals surface area contributed by atoms with Gasteiger partial charge in [-0.05, 0) is 48.9 Å². The Balaban J connectivity index is 1.42. The quantitative estimate of drug-likeness (QED) is 0.349. The molecule has 3 N–H and O–H groups in total. The highest BCUT2D eigenvalue weighted by Gasteiger charge is 2.21. The van der Waals surface area contributed by atoms with Crippen LogP contribution in [-0.2, 0) is 13.6 Å². The number of carbonyl (C=O) groups excluding carboxylic acids is 1. The molecule has 34 heavy (non-hydrogen) atoms. The van der Waals surface area contributed by atoms with Gasteiger partial charge in [-0.15, -0.1) is 5.10 Å². The highest BCUT2D eigenvalue weighted by molar-refractivity contribution is 5.95. The highest BCUT2D eigenvalue weighted by Crippen LogP contribution is 2.20. The SMILES string of the molecule is COc1cccc([C@@H](C)NC(=O)c2cccc(NCc3[nH]nc(-c4ccncc4F)[n+]3C)c2)c1. The zero-order valence-electron chi connectivity index (χ0n) is 19.2. The van der Waals surface area contributed by atoms with E-state index in [9.17, 15) is 9.18 Å². The molecule has 2 heterocycles. The Morgan fingerprint density at radius 1 is 1.21 bits per heavy atom. The van der Waals surface area contributed by atoms with E-state index >= 15 is 0 Å². The Hall–Kier alpha value is -4.27. The Morgan fingerprint density at radius 2 is 2.03 bits per heavy atom. The van der Waals surface area contributed by atoms with E-state index < -0.39 is 5.82 Å². The van der Waals surface area contributed by atoms with Gasteiger partial charge in [0.15, 0.2) is 5.82 Å². The van der Waals surface area contributed by atoms with Crippen LogP contribution >= 0.6 is 0 Å². The molecule has 0 aliphatic rings. The van der Waals surface area contributed by atoms with E-state index in [1.54, 1.807) is 36.9 Å². The number of ether oxygens (including phenoxy) is 1. The maximum atomic E-state index is 14.1. The smallest absolute Gasteiger partial charge is 0.311 e. The number of H-pyrrole nitrogens is 1. The third kappa shape index (κ3) is 5.03. The second kappa shape index (κ2) is 10.1. The summed E-state index contributed by atoms with van der Waals surface area (Å²) in [4.78, 5) is 16.6. The number of methoxy groups -OCH3 is 1. The first-order valence-corrected chi connectivity index (χ1v) is 10.8. The lowest BCUT2D eigenvalue weighted by molar-refractivity contribution is -0.668. The lowest BCUT2D eigenvalue weighted by Crippen LogP contribution is -2.35. The van der Waals surface area contributed by atoms with Gasteiger partial charge < -0.3 is 15.4 Å². The molecule has 0 saturated heterocycles. The van der Waals surface area contributed by atoms with Gasteiger partial charge in [-0.2, -0.15) is 0 Å². The predicted molar refractivity (Wildman–Crippen MR) is 126 cm³/mol. The molecule has 0 unspecified atom stereocenters. The van der Waals surface area contributed by atoms with Crippen molar-refractivity contribution in [3.05, 3.63) is 89.8 Å². The van der Waals surface area contributed by atoms with Crippen molar-refractivity contribution in [1.82, 2.24) is 20.5 Å². The van der Waals surface area contributed by atoms with Crippen LogP contribution in [0, 0.1) is 5.82 Å². The molecule has 0 aliphatic heterocycles. The van der Waals surface area contributed by atoms with Crippen LogP contribution < -0.4 is 19.9 Å². The molecule has 174 valence electrons. The zero-order chi connectivity index (χ0) is 24.1. The van der Waals surface area contributed by atoms with Crippen LogP contribution in [0.4, 0.5) is 10.1 Å². The summed E-state index contributed by atoms with van der Waals surface area (Å²) in [6.07, 6.45) is 2.68. The summed E-state index contributed by atoms with van der Waals surface area (Å²) in [6, 6.07) is 16.2. The molecule has 2 aromatic carbocycles. The number of amides is 1. The second-order valence-electron chi connectivity index (χ2n) is 7.81. The van der Waals surface area contributed by atoms with E-state index in [1.807, 2.05) is 43.3 Å². The number of nitrogens with zero attached hydrogens (tertiary/aromatic N) is 3. The van der Waals surface area contributed by atoms with Crippen LogP contribution in [0.3, 0.4) is 0 Å². The standard InChI is InChI=1S/C25H25FN6O2/c1-16(17-6-5-9-20(13-17)34-3)29-25(33)18-7-4-8-19(12-18)28-15-23-30-31-24(32(23)2)21-10-11-27-14-22(21)26/h4-14,16,28H,15H2,1-3H3,(H,29,33)/p+1/t16-/m1/s1. The van der Waals surface area contributed by atoms with Crippen molar-refractivity contribution in [2.24, 2.45) is 7.05 Å². The third-order valence-electron chi connectivity index (χ3n) is 5.55. The van der Waals surface area contributed by atoms with E-state index in [0.717, 1.165) is 29.0 Å². The third-order valence-corrected chi connectivity index (χ3v) is 5.55. The van der Waals surface area contributed by atoms with Crippen molar-refractivity contribution in [1.29, 1.82) is 0 Å². The number of hydrogen-bond donors (Lipinski definition) is 3. The fourth-order valence-corrected chi connectivity index (χ4v) is 3.58. The number of aromatic nitrogens is 4. The van der Waals surface area contributed by atoms with Crippen LogP contribution in [0.1, 0.15) is 34.7 Å². The van der Waals surface area contributed by atoms with Crippen LogP contribution in [0.5, 0.6) is 5.75 Å². The van der Waals surface area contributed by atoms with E-state index in [1.165, 1.54) is 6.20 Å². The van der Waals surface area contributed by atoms with Crippen LogP contribution in [0.15, 0.2) is 67.0 Å². The van der Waals surface area contributed by atoms with Crippen LogP contribution in [0.2, 0.25) is 0 Å². The zero-order valence-corrected chi connectivity index (χ0v) is 19.2. The first kappa shape index (κ1) is 22.9. The minimum Gasteiger partial charge on any atom is -0.497 e. The summed E-state index contributed by atoms with van der Waals surface area (Å²) >= 11 is 0. The van der Waals surface area contributed by atoms with Crippen LogP contribution in [-0.4, -0.2) is 28.2 Å². The van der Waals surface area contributed by atoms with Gasteiger partial charge in [0, 0.05) is 22.5 Å². The molecule has 0 bridgehead atoms. The molecular weight excluding hydrogens is 435 g/mol. The van der Waals surface area contributed by atoms with E-state index in [2.05, 4.69) is 25.8 Å². The van der Waals surface area contributed by atoms with Gasteiger partial charge in [0.1, 0.15) is 12.3 Å². The average molecular weight is 462 g/mol. The number of carbonyl (C=O) groups is 1. The topological polar surface area (TPSA) is 95.8 Å². The summed E-state index contributed by atoms with van der Waals surface area (Å²) in [5, 5.41) is 13.5. The number of anilines is 1. The highest BCUT2D eigenvalue weighted by atomic mass is 19.1. The molecule has 0 spiro atoms. The Bertz CT molecular complexity index is 1310. The molecule has 9 heteroatoms. The molecule has 0 radical (unpaired) electrons. The molecule has 0 aliphatic carbocycles. The Kier molecular flexibility index (Phi) is 6.82. The van der Waals surface area contributed by atoms with Gasteiger partial charge in [0.05, 0.1) is 32.0 Å². The normalized spacial score (nSPS) is 11.6. The van der Waals surface area contributed by atoms with E-state index in [-0.39, 0.29) is 11.9 Å². The number of aromatic amines is 1. The maximum Gasteiger partial charge on any atom is 0.311 e. The molecular formula is C25H26FN6O2+. The van der Waals surface area contributed by atoms with Gasteiger partial charge in [-0.25, -0.2) is 8.96 Å². The first-order chi connectivity index (χ1) is 16.5. The fourth-order valence-electron chi connectivity index (χ4n) is 3.58. The number of rotatable bonds is 8. The first-order valence-electron chi connectivity index (χ1n) is 10.8. The Labute approximate surface area is 196 Å². The van der Waals surface area contributed by atoms with Gasteiger partial charge in [-0.1, -0.05) is 18.2 Å². The van der Waals surface area contributed by atoms with Crippen molar-refractivity contribution in [2.75, 3.05) is 12.4 Å². The summed E-state index contributed by atoms with van der Waals surface area (Å²) in [7, 11) is 3.42. The molecule has 4 rings (SSSR count). The lowest BCUT2D eigenvalue weighted by atomic mass is 10.1. The summed E-state index contributed by atoms with van der Waals surface area (Å²) < 4.78 is 21.1. The minimum absolute atomic E-state index is 0.179. The van der Waals surface area contributed by atoms with E-state index in [4.69, 9.17) is 4.74 Å².